The van der Waals surface area contributed by atoms with Gasteiger partial charge in [-0.25, -0.2) is 4.98 Å². The van der Waals surface area contributed by atoms with E-state index >= 15 is 0 Å². The number of benzene rings is 2. The normalized spacial score (nSPS) is 22.8. The largest absolute Gasteiger partial charge is 0.497 e. The van der Waals surface area contributed by atoms with Crippen LogP contribution in [-0.4, -0.2) is 21.8 Å². The van der Waals surface area contributed by atoms with Crippen LogP contribution in [0.5, 0.6) is 5.75 Å². The number of aliphatic hydroxyl groups is 1. The van der Waals surface area contributed by atoms with E-state index in [1.807, 2.05) is 53.2 Å². The molecule has 2 unspecified atom stereocenters. The van der Waals surface area contributed by atoms with E-state index < -0.39 is 5.60 Å². The Kier molecular flexibility index (Phi) is 3.20. The Balaban J connectivity index is 1.89. The Bertz CT molecular complexity index is 812. The maximum atomic E-state index is 11.7. The fourth-order valence-electron chi connectivity index (χ4n) is 3.57. The third kappa shape index (κ3) is 2.06. The summed E-state index contributed by atoms with van der Waals surface area (Å²) in [6, 6.07) is 15.6. The van der Waals surface area contributed by atoms with Crippen molar-refractivity contribution in [3.63, 3.8) is 0 Å². The van der Waals surface area contributed by atoms with E-state index in [2.05, 4.69) is 11.1 Å². The van der Waals surface area contributed by atoms with Gasteiger partial charge in [0, 0.05) is 12.4 Å². The lowest BCUT2D eigenvalue weighted by molar-refractivity contribution is 0.0355. The number of imidazole rings is 1. The molecule has 0 fully saturated rings. The molecule has 1 aliphatic carbocycles. The lowest BCUT2D eigenvalue weighted by Crippen LogP contribution is -2.34. The number of aromatic nitrogens is 2. The van der Waals surface area contributed by atoms with E-state index in [-0.39, 0.29) is 6.04 Å². The molecule has 1 N–H and O–H groups in total. The summed E-state index contributed by atoms with van der Waals surface area (Å²) in [6.07, 6.45) is 6.20. The number of rotatable bonds is 3. The van der Waals surface area contributed by atoms with Gasteiger partial charge in [-0.3, -0.25) is 0 Å². The van der Waals surface area contributed by atoms with Gasteiger partial charge < -0.3 is 14.4 Å². The minimum Gasteiger partial charge on any atom is -0.497 e. The van der Waals surface area contributed by atoms with Gasteiger partial charge in [0.1, 0.15) is 11.4 Å². The van der Waals surface area contributed by atoms with Crippen molar-refractivity contribution in [1.82, 2.24) is 9.55 Å². The number of nitrogens with zero attached hydrogens (tertiary/aromatic N) is 2. The van der Waals surface area contributed by atoms with Crippen molar-refractivity contribution in [2.24, 2.45) is 0 Å². The van der Waals surface area contributed by atoms with E-state index in [1.54, 1.807) is 19.6 Å². The third-order valence-electron chi connectivity index (χ3n) is 4.74. The monoisotopic (exact) mass is 306 g/mol. The van der Waals surface area contributed by atoms with E-state index in [4.69, 9.17) is 4.74 Å². The molecule has 3 aromatic rings. The molecule has 1 aromatic heterocycles. The van der Waals surface area contributed by atoms with Crippen molar-refractivity contribution in [1.29, 1.82) is 0 Å². The second-order valence-corrected chi connectivity index (χ2v) is 5.88. The van der Waals surface area contributed by atoms with Crippen molar-refractivity contribution < 1.29 is 9.84 Å². The van der Waals surface area contributed by atoms with Gasteiger partial charge in [0.2, 0.25) is 0 Å². The molecule has 0 amide bonds. The molecule has 1 aliphatic rings. The molecule has 4 heteroatoms. The molecule has 1 heterocycles. The van der Waals surface area contributed by atoms with Gasteiger partial charge in [-0.15, -0.1) is 0 Å². The molecule has 0 bridgehead atoms. The predicted molar refractivity (Wildman–Crippen MR) is 87.4 cm³/mol. The van der Waals surface area contributed by atoms with Crippen LogP contribution in [0, 0.1) is 0 Å². The molecule has 4 nitrogen and oxygen atoms in total. The molecule has 0 spiro atoms. The predicted octanol–water partition coefficient (Wildman–Crippen LogP) is 2.93. The maximum Gasteiger partial charge on any atom is 0.136 e. The van der Waals surface area contributed by atoms with Crippen LogP contribution >= 0.6 is 0 Å². The minimum atomic E-state index is -1.08. The summed E-state index contributed by atoms with van der Waals surface area (Å²) in [7, 11) is 1.64. The minimum absolute atomic E-state index is 0.115. The Morgan fingerprint density at radius 2 is 1.96 bits per heavy atom. The number of hydrogen-bond donors (Lipinski definition) is 1. The average Bonchev–Trinajstić information content (AvgIpc) is 3.22. The molecule has 23 heavy (non-hydrogen) atoms. The van der Waals surface area contributed by atoms with Crippen LogP contribution in [0.1, 0.15) is 22.7 Å². The van der Waals surface area contributed by atoms with Gasteiger partial charge in [-0.2, -0.15) is 0 Å². The summed E-state index contributed by atoms with van der Waals surface area (Å²) < 4.78 is 7.23. The smallest absolute Gasteiger partial charge is 0.136 e. The van der Waals surface area contributed by atoms with Crippen LogP contribution in [0.25, 0.3) is 0 Å². The van der Waals surface area contributed by atoms with Crippen molar-refractivity contribution in [3.05, 3.63) is 83.9 Å². The van der Waals surface area contributed by atoms with Crippen LogP contribution in [0.3, 0.4) is 0 Å². The van der Waals surface area contributed by atoms with Crippen molar-refractivity contribution >= 4 is 0 Å². The molecular weight excluding hydrogens is 288 g/mol. The van der Waals surface area contributed by atoms with Gasteiger partial charge in [0.25, 0.3) is 0 Å². The summed E-state index contributed by atoms with van der Waals surface area (Å²) in [5.74, 6) is 0.780. The molecule has 116 valence electrons. The van der Waals surface area contributed by atoms with Crippen LogP contribution in [0.4, 0.5) is 0 Å². The van der Waals surface area contributed by atoms with Gasteiger partial charge in [0.05, 0.1) is 19.5 Å². The number of ether oxygens (including phenoxy) is 1. The van der Waals surface area contributed by atoms with Crippen LogP contribution < -0.4 is 4.74 Å². The van der Waals surface area contributed by atoms with Gasteiger partial charge in [0.15, 0.2) is 0 Å². The summed E-state index contributed by atoms with van der Waals surface area (Å²) in [6.45, 7) is 0. The first kappa shape index (κ1) is 14.0. The first-order valence-corrected chi connectivity index (χ1v) is 7.66. The highest BCUT2D eigenvalue weighted by atomic mass is 16.5. The molecule has 0 aliphatic heterocycles. The number of methoxy groups -OCH3 is 1. The van der Waals surface area contributed by atoms with E-state index in [0.717, 1.165) is 23.3 Å². The molecular formula is C19H18N2O2. The first-order chi connectivity index (χ1) is 11.2. The standard InChI is InChI=1S/C19H18N2O2/c1-23-16-8-6-15(7-9-16)19(22)17-5-3-2-4-14(17)12-18(19)21-11-10-20-13-21/h2-11,13,18,22H,12H2,1H3. The maximum absolute atomic E-state index is 11.7. The molecule has 2 atom stereocenters. The second kappa shape index (κ2) is 5.25. The summed E-state index contributed by atoms with van der Waals surface area (Å²) in [4.78, 5) is 4.15. The van der Waals surface area contributed by atoms with Crippen molar-refractivity contribution in [2.75, 3.05) is 7.11 Å². The topological polar surface area (TPSA) is 47.3 Å². The molecule has 2 aromatic carbocycles. The highest BCUT2D eigenvalue weighted by Crippen LogP contribution is 2.48. The van der Waals surface area contributed by atoms with Crippen molar-refractivity contribution in [2.45, 2.75) is 18.1 Å². The molecule has 0 saturated carbocycles. The fraction of sp³-hybridized carbons (Fsp3) is 0.211. The Labute approximate surface area is 135 Å². The Morgan fingerprint density at radius 3 is 2.65 bits per heavy atom. The quantitative estimate of drug-likeness (QED) is 0.809. The van der Waals surface area contributed by atoms with Crippen LogP contribution in [0.2, 0.25) is 0 Å². The zero-order valence-corrected chi connectivity index (χ0v) is 12.9. The average molecular weight is 306 g/mol. The number of hydrogen-bond acceptors (Lipinski definition) is 3. The highest BCUT2D eigenvalue weighted by molar-refractivity contribution is 5.48. The Hall–Kier alpha value is -2.59. The first-order valence-electron chi connectivity index (χ1n) is 7.66. The van der Waals surface area contributed by atoms with Gasteiger partial charge in [-0.1, -0.05) is 36.4 Å². The highest BCUT2D eigenvalue weighted by Gasteiger charge is 2.47. The zero-order chi connectivity index (χ0) is 15.9. The summed E-state index contributed by atoms with van der Waals surface area (Å²) >= 11 is 0. The summed E-state index contributed by atoms with van der Waals surface area (Å²) in [5.41, 5.74) is 1.92. The molecule has 4 rings (SSSR count). The van der Waals surface area contributed by atoms with E-state index in [9.17, 15) is 5.11 Å². The Morgan fingerprint density at radius 1 is 1.17 bits per heavy atom. The van der Waals surface area contributed by atoms with Crippen LogP contribution in [0.15, 0.2) is 67.3 Å². The van der Waals surface area contributed by atoms with Gasteiger partial charge >= 0.3 is 0 Å². The fourth-order valence-corrected chi connectivity index (χ4v) is 3.57. The SMILES string of the molecule is COc1ccc(C2(O)c3ccccc3CC2n2ccnc2)cc1. The lowest BCUT2D eigenvalue weighted by Gasteiger charge is -2.32. The molecule has 0 saturated heterocycles. The zero-order valence-electron chi connectivity index (χ0n) is 12.9. The lowest BCUT2D eigenvalue weighted by atomic mass is 9.84. The second-order valence-electron chi connectivity index (χ2n) is 5.88. The summed E-state index contributed by atoms with van der Waals surface area (Å²) in [5, 5.41) is 11.7. The number of fused-ring (bicyclic) bond motifs is 1. The van der Waals surface area contributed by atoms with Crippen molar-refractivity contribution in [3.8, 4) is 5.75 Å². The van der Waals surface area contributed by atoms with E-state index in [1.165, 1.54) is 5.56 Å². The van der Waals surface area contributed by atoms with Gasteiger partial charge in [-0.05, 0) is 35.2 Å². The third-order valence-corrected chi connectivity index (χ3v) is 4.74. The van der Waals surface area contributed by atoms with Crippen LogP contribution in [-0.2, 0) is 12.0 Å². The van der Waals surface area contributed by atoms with E-state index in [0.29, 0.717) is 0 Å². The molecule has 0 radical (unpaired) electrons.